The highest BCUT2D eigenvalue weighted by Gasteiger charge is 2.37. The van der Waals surface area contributed by atoms with Crippen LogP contribution in [0.4, 0.5) is 13.2 Å². The minimum absolute atomic E-state index is 0.00850. The fraction of sp³-hybridized carbons (Fsp3) is 1.00. The third kappa shape index (κ3) is 4.27. The average Bonchev–Trinajstić information content (AvgIpc) is 2.19. The average molecular weight is 241 g/mol. The Morgan fingerprint density at radius 1 is 1.25 bits per heavy atom. The first kappa shape index (κ1) is 13.7. The minimum Gasteiger partial charge on any atom is -0.393 e. The van der Waals surface area contributed by atoms with Gasteiger partial charge in [0.25, 0.3) is 0 Å². The molecule has 1 aliphatic carbocycles. The van der Waals surface area contributed by atoms with Crippen molar-refractivity contribution in [2.75, 3.05) is 13.1 Å². The molecule has 0 radical (unpaired) electrons. The first-order chi connectivity index (χ1) is 7.41. The second kappa shape index (κ2) is 5.84. The number of rotatable bonds is 4. The first-order valence-electron chi connectivity index (χ1n) is 5.55. The van der Waals surface area contributed by atoms with Crippen molar-refractivity contribution in [1.29, 1.82) is 0 Å². The number of aliphatic hydroxyl groups is 2. The van der Waals surface area contributed by atoms with Gasteiger partial charge in [-0.25, -0.2) is 0 Å². The molecule has 16 heavy (non-hydrogen) atoms. The van der Waals surface area contributed by atoms with Crippen molar-refractivity contribution in [3.05, 3.63) is 0 Å². The smallest absolute Gasteiger partial charge is 0.393 e. The SMILES string of the molecule is OC1CCCCC1CNCC(O)C(F)(F)F. The molecule has 0 aromatic heterocycles. The summed E-state index contributed by atoms with van der Waals surface area (Å²) in [4.78, 5) is 0. The Kier molecular flexibility index (Phi) is 5.01. The highest BCUT2D eigenvalue weighted by molar-refractivity contribution is 4.77. The minimum atomic E-state index is -4.57. The Hall–Kier alpha value is -0.330. The molecule has 1 rings (SSSR count). The molecule has 1 saturated carbocycles. The molecule has 0 aromatic rings. The van der Waals surface area contributed by atoms with Crippen LogP contribution in [0.2, 0.25) is 0 Å². The van der Waals surface area contributed by atoms with Gasteiger partial charge in [0.1, 0.15) is 0 Å². The van der Waals surface area contributed by atoms with Crippen molar-refractivity contribution < 1.29 is 23.4 Å². The van der Waals surface area contributed by atoms with E-state index in [2.05, 4.69) is 5.32 Å². The van der Waals surface area contributed by atoms with Gasteiger partial charge >= 0.3 is 6.18 Å². The number of nitrogens with one attached hydrogen (secondary N) is 1. The predicted octanol–water partition coefficient (Wildman–Crippen LogP) is 1.05. The van der Waals surface area contributed by atoms with Gasteiger partial charge in [0.15, 0.2) is 6.10 Å². The molecule has 96 valence electrons. The van der Waals surface area contributed by atoms with Crippen molar-refractivity contribution >= 4 is 0 Å². The summed E-state index contributed by atoms with van der Waals surface area (Å²) in [7, 11) is 0. The van der Waals surface area contributed by atoms with Gasteiger partial charge in [0.2, 0.25) is 0 Å². The van der Waals surface area contributed by atoms with Crippen molar-refractivity contribution in [3.63, 3.8) is 0 Å². The van der Waals surface area contributed by atoms with Crippen LogP contribution < -0.4 is 5.32 Å². The maximum Gasteiger partial charge on any atom is 0.415 e. The van der Waals surface area contributed by atoms with E-state index in [-0.39, 0.29) is 5.92 Å². The number of hydrogen-bond acceptors (Lipinski definition) is 3. The summed E-state index contributed by atoms with van der Waals surface area (Å²) in [5.41, 5.74) is 0. The summed E-state index contributed by atoms with van der Waals surface area (Å²) in [5.74, 6) is 0.00850. The highest BCUT2D eigenvalue weighted by Crippen LogP contribution is 2.24. The van der Waals surface area contributed by atoms with Crippen molar-refractivity contribution in [2.45, 2.75) is 44.1 Å². The molecule has 3 nitrogen and oxygen atoms in total. The molecule has 0 aromatic carbocycles. The molecular weight excluding hydrogens is 223 g/mol. The molecule has 0 spiro atoms. The van der Waals surface area contributed by atoms with Gasteiger partial charge in [-0.3, -0.25) is 0 Å². The fourth-order valence-corrected chi connectivity index (χ4v) is 1.95. The van der Waals surface area contributed by atoms with E-state index in [1.165, 1.54) is 0 Å². The van der Waals surface area contributed by atoms with Gasteiger partial charge < -0.3 is 15.5 Å². The quantitative estimate of drug-likeness (QED) is 0.689. The highest BCUT2D eigenvalue weighted by atomic mass is 19.4. The van der Waals surface area contributed by atoms with Crippen LogP contribution in [0.3, 0.4) is 0 Å². The standard InChI is InChI=1S/C10H18F3NO2/c11-10(12,13)9(16)6-14-5-7-3-1-2-4-8(7)15/h7-9,14-16H,1-6H2. The maximum absolute atomic E-state index is 12.0. The predicted molar refractivity (Wildman–Crippen MR) is 52.9 cm³/mol. The van der Waals surface area contributed by atoms with E-state index in [4.69, 9.17) is 5.11 Å². The van der Waals surface area contributed by atoms with Gasteiger partial charge in [-0.1, -0.05) is 12.8 Å². The monoisotopic (exact) mass is 241 g/mol. The Morgan fingerprint density at radius 2 is 1.88 bits per heavy atom. The molecule has 3 N–H and O–H groups in total. The first-order valence-corrected chi connectivity index (χ1v) is 5.55. The number of halogens is 3. The van der Waals surface area contributed by atoms with E-state index >= 15 is 0 Å². The lowest BCUT2D eigenvalue weighted by molar-refractivity contribution is -0.202. The van der Waals surface area contributed by atoms with Gasteiger partial charge in [0, 0.05) is 13.1 Å². The number of hydrogen-bond donors (Lipinski definition) is 3. The van der Waals surface area contributed by atoms with E-state index in [1.807, 2.05) is 0 Å². The Morgan fingerprint density at radius 3 is 2.44 bits per heavy atom. The van der Waals surface area contributed by atoms with Crippen LogP contribution in [-0.2, 0) is 0 Å². The van der Waals surface area contributed by atoms with Crippen LogP contribution in [0.15, 0.2) is 0 Å². The van der Waals surface area contributed by atoms with Crippen molar-refractivity contribution in [1.82, 2.24) is 5.32 Å². The van der Waals surface area contributed by atoms with E-state index < -0.39 is 24.9 Å². The van der Waals surface area contributed by atoms with E-state index in [0.29, 0.717) is 13.0 Å². The molecule has 1 fully saturated rings. The van der Waals surface area contributed by atoms with Crippen LogP contribution >= 0.6 is 0 Å². The number of aliphatic hydroxyl groups excluding tert-OH is 2. The molecule has 6 heteroatoms. The maximum atomic E-state index is 12.0. The van der Waals surface area contributed by atoms with Crippen LogP contribution in [0.25, 0.3) is 0 Å². The zero-order chi connectivity index (χ0) is 12.2. The zero-order valence-corrected chi connectivity index (χ0v) is 9.00. The molecular formula is C10H18F3NO2. The molecule has 0 heterocycles. The summed E-state index contributed by atoms with van der Waals surface area (Å²) >= 11 is 0. The van der Waals surface area contributed by atoms with Crippen LogP contribution in [0, 0.1) is 5.92 Å². The van der Waals surface area contributed by atoms with E-state index in [0.717, 1.165) is 19.3 Å². The third-order valence-electron chi connectivity index (χ3n) is 2.99. The molecule has 0 aliphatic heterocycles. The van der Waals surface area contributed by atoms with Crippen LogP contribution in [-0.4, -0.2) is 41.7 Å². The van der Waals surface area contributed by atoms with Crippen molar-refractivity contribution in [2.24, 2.45) is 5.92 Å². The van der Waals surface area contributed by atoms with Crippen LogP contribution in [0.5, 0.6) is 0 Å². The lowest BCUT2D eigenvalue weighted by atomic mass is 9.86. The molecule has 1 aliphatic rings. The lowest BCUT2D eigenvalue weighted by Crippen LogP contribution is -2.42. The molecule has 3 unspecified atom stereocenters. The van der Waals surface area contributed by atoms with Gasteiger partial charge in [0.05, 0.1) is 6.10 Å². The van der Waals surface area contributed by atoms with E-state index in [9.17, 15) is 18.3 Å². The summed E-state index contributed by atoms with van der Waals surface area (Å²) < 4.78 is 35.9. The third-order valence-corrected chi connectivity index (χ3v) is 2.99. The van der Waals surface area contributed by atoms with Crippen molar-refractivity contribution in [3.8, 4) is 0 Å². The Labute approximate surface area is 92.7 Å². The van der Waals surface area contributed by atoms with E-state index in [1.54, 1.807) is 0 Å². The topological polar surface area (TPSA) is 52.5 Å². The lowest BCUT2D eigenvalue weighted by Gasteiger charge is -2.28. The van der Waals surface area contributed by atoms with Gasteiger partial charge in [-0.05, 0) is 18.8 Å². The van der Waals surface area contributed by atoms with Crippen LogP contribution in [0.1, 0.15) is 25.7 Å². The second-order valence-electron chi connectivity index (χ2n) is 4.33. The molecule has 0 amide bonds. The number of alkyl halides is 3. The van der Waals surface area contributed by atoms with Gasteiger partial charge in [-0.2, -0.15) is 13.2 Å². The molecule has 0 saturated heterocycles. The summed E-state index contributed by atoms with van der Waals surface area (Å²) in [5, 5.41) is 20.9. The second-order valence-corrected chi connectivity index (χ2v) is 4.33. The largest absolute Gasteiger partial charge is 0.415 e. The fourth-order valence-electron chi connectivity index (χ4n) is 1.95. The summed E-state index contributed by atoms with van der Waals surface area (Å²) in [6.45, 7) is -0.180. The zero-order valence-electron chi connectivity index (χ0n) is 9.00. The summed E-state index contributed by atoms with van der Waals surface area (Å²) in [6, 6.07) is 0. The normalized spacial score (nSPS) is 29.1. The Bertz CT molecular complexity index is 211. The van der Waals surface area contributed by atoms with Gasteiger partial charge in [-0.15, -0.1) is 0 Å². The summed E-state index contributed by atoms with van der Waals surface area (Å²) in [6.07, 6.45) is -3.80. The Balaban J connectivity index is 2.19. The molecule has 0 bridgehead atoms. The molecule has 3 atom stereocenters.